The van der Waals surface area contributed by atoms with Gasteiger partial charge in [-0.05, 0) is 71.1 Å². The Morgan fingerprint density at radius 3 is 2.69 bits per heavy atom. The van der Waals surface area contributed by atoms with Gasteiger partial charge in [-0.15, -0.1) is 0 Å². The van der Waals surface area contributed by atoms with Crippen molar-refractivity contribution in [2.75, 3.05) is 11.9 Å². The number of benzene rings is 2. The average molecular weight is 508 g/mol. The molecule has 0 fully saturated rings. The lowest BCUT2D eigenvalue weighted by molar-refractivity contribution is -0.384. The first-order chi connectivity index (χ1) is 13.9. The molecule has 2 N–H and O–H groups in total. The van der Waals surface area contributed by atoms with Crippen molar-refractivity contribution in [3.8, 4) is 11.3 Å². The van der Waals surface area contributed by atoms with Crippen LogP contribution in [0.2, 0.25) is 0 Å². The van der Waals surface area contributed by atoms with Gasteiger partial charge in [0.05, 0.1) is 29.3 Å². The minimum absolute atomic E-state index is 0.0309. The monoisotopic (exact) mass is 508 g/mol. The lowest BCUT2D eigenvalue weighted by Gasteiger charge is -2.04. The van der Waals surface area contributed by atoms with Crippen LogP contribution in [0.25, 0.3) is 11.3 Å². The molecule has 0 aliphatic carbocycles. The summed E-state index contributed by atoms with van der Waals surface area (Å²) < 4.78 is 19.8. The van der Waals surface area contributed by atoms with Crippen LogP contribution in [0.3, 0.4) is 0 Å². The molecule has 0 radical (unpaired) electrons. The summed E-state index contributed by atoms with van der Waals surface area (Å²) in [5, 5.41) is 17.9. The van der Waals surface area contributed by atoms with Crippen LogP contribution in [0.5, 0.6) is 0 Å². The Labute approximate surface area is 178 Å². The van der Waals surface area contributed by atoms with Crippen LogP contribution in [0.1, 0.15) is 5.76 Å². The van der Waals surface area contributed by atoms with E-state index in [0.29, 0.717) is 0 Å². The van der Waals surface area contributed by atoms with Crippen molar-refractivity contribution < 1.29 is 18.5 Å². The zero-order valence-corrected chi connectivity index (χ0v) is 16.9. The number of anilines is 1. The number of nitrogens with zero attached hydrogens (tertiary/aromatic N) is 2. The zero-order chi connectivity index (χ0) is 20.8. The third-order valence-corrected chi connectivity index (χ3v) is 4.45. The summed E-state index contributed by atoms with van der Waals surface area (Å²) in [7, 11) is 0. The second kappa shape index (κ2) is 9.28. The highest BCUT2D eigenvalue weighted by atomic mass is 127. The topological polar surface area (TPSA) is 110 Å². The molecule has 0 spiro atoms. The summed E-state index contributed by atoms with van der Waals surface area (Å²) in [5.74, 6) is -0.620. The fraction of sp³-hybridized carbons (Fsp3) is 0.0526. The molecule has 0 saturated carbocycles. The average Bonchev–Trinajstić information content (AvgIpc) is 3.16. The van der Waals surface area contributed by atoms with Crippen LogP contribution in [-0.4, -0.2) is 23.6 Å². The van der Waals surface area contributed by atoms with E-state index < -0.39 is 16.4 Å². The van der Waals surface area contributed by atoms with Gasteiger partial charge in [-0.3, -0.25) is 14.9 Å². The lowest BCUT2D eigenvalue weighted by Crippen LogP contribution is -2.25. The maximum Gasteiger partial charge on any atom is 0.283 e. The summed E-state index contributed by atoms with van der Waals surface area (Å²) in [6.07, 6.45) is 1.27. The number of furan rings is 1. The summed E-state index contributed by atoms with van der Waals surface area (Å²) >= 11 is 2.19. The van der Waals surface area contributed by atoms with Gasteiger partial charge in [0.15, 0.2) is 0 Å². The molecule has 1 heterocycles. The molecule has 1 amide bonds. The first kappa shape index (κ1) is 20.5. The number of hydrogen-bond acceptors (Lipinski definition) is 6. The first-order valence-electron chi connectivity index (χ1n) is 8.28. The van der Waals surface area contributed by atoms with Crippen molar-refractivity contribution in [1.29, 1.82) is 0 Å². The van der Waals surface area contributed by atoms with Gasteiger partial charge in [-0.25, -0.2) is 9.82 Å². The van der Waals surface area contributed by atoms with Gasteiger partial charge < -0.3 is 9.73 Å². The Morgan fingerprint density at radius 2 is 1.97 bits per heavy atom. The molecule has 0 aliphatic rings. The van der Waals surface area contributed by atoms with Crippen molar-refractivity contribution in [3.63, 3.8) is 0 Å². The van der Waals surface area contributed by atoms with Gasteiger partial charge in [0.2, 0.25) is 0 Å². The molecule has 0 aliphatic heterocycles. The van der Waals surface area contributed by atoms with E-state index in [2.05, 4.69) is 38.4 Å². The Morgan fingerprint density at radius 1 is 1.21 bits per heavy atom. The maximum atomic E-state index is 13.3. The highest BCUT2D eigenvalue weighted by molar-refractivity contribution is 14.1. The molecule has 3 rings (SSSR count). The molecule has 29 heavy (non-hydrogen) atoms. The molecule has 0 saturated heterocycles. The summed E-state index contributed by atoms with van der Waals surface area (Å²) in [5.41, 5.74) is 2.89. The van der Waals surface area contributed by atoms with Gasteiger partial charge in [0, 0.05) is 9.26 Å². The largest absolute Gasteiger partial charge is 0.455 e. The maximum absolute atomic E-state index is 13.3. The Kier molecular flexibility index (Phi) is 6.54. The number of rotatable bonds is 7. The van der Waals surface area contributed by atoms with Crippen LogP contribution < -0.4 is 10.7 Å². The normalized spacial score (nSPS) is 10.8. The number of amides is 1. The van der Waals surface area contributed by atoms with Gasteiger partial charge in [0.1, 0.15) is 17.3 Å². The number of carbonyl (C=O) groups excluding carboxylic acids is 1. The predicted molar refractivity (Wildman–Crippen MR) is 114 cm³/mol. The molecule has 1 aromatic heterocycles. The van der Waals surface area contributed by atoms with Gasteiger partial charge in [0.25, 0.3) is 11.6 Å². The predicted octanol–water partition coefficient (Wildman–Crippen LogP) is 4.16. The standard InChI is InChI=1S/C19H14FIN4O4/c20-12-1-7-16(17(9-12)25(27)28)18-8-6-15(29-18)10-23-24-19(26)11-22-14-4-2-13(21)3-5-14/h1-10,22H,11H2,(H,24,26)/b23-10+. The molecule has 0 atom stereocenters. The van der Waals surface area contributed by atoms with E-state index >= 15 is 0 Å². The molecule has 2 aromatic carbocycles. The third-order valence-electron chi connectivity index (χ3n) is 3.73. The fourth-order valence-corrected chi connectivity index (χ4v) is 2.75. The Bertz CT molecular complexity index is 1070. The summed E-state index contributed by atoms with van der Waals surface area (Å²) in [4.78, 5) is 22.2. The number of carbonyl (C=O) groups is 1. The van der Waals surface area contributed by atoms with Crippen LogP contribution >= 0.6 is 22.6 Å². The van der Waals surface area contributed by atoms with E-state index in [9.17, 15) is 19.3 Å². The third kappa shape index (κ3) is 5.60. The smallest absolute Gasteiger partial charge is 0.283 e. The number of hydrogen-bond donors (Lipinski definition) is 2. The van der Waals surface area contributed by atoms with Crippen LogP contribution in [0.15, 0.2) is 64.1 Å². The Hall–Kier alpha value is -3.28. The molecule has 3 aromatic rings. The second-order valence-electron chi connectivity index (χ2n) is 5.77. The quantitative estimate of drug-likeness (QED) is 0.216. The Balaban J connectivity index is 1.59. The van der Waals surface area contributed by atoms with E-state index in [4.69, 9.17) is 4.42 Å². The molecule has 10 heteroatoms. The summed E-state index contributed by atoms with van der Waals surface area (Å²) in [6.45, 7) is 0.0309. The molecule has 0 bridgehead atoms. The lowest BCUT2D eigenvalue weighted by atomic mass is 10.1. The van der Waals surface area contributed by atoms with Crippen molar-refractivity contribution in [1.82, 2.24) is 5.43 Å². The van der Waals surface area contributed by atoms with E-state index in [1.807, 2.05) is 24.3 Å². The molecular weight excluding hydrogens is 494 g/mol. The fourth-order valence-electron chi connectivity index (χ4n) is 2.39. The molecule has 148 valence electrons. The van der Waals surface area contributed by atoms with Crippen LogP contribution in [-0.2, 0) is 4.79 Å². The number of halogens is 2. The SMILES string of the molecule is O=C(CNc1ccc(I)cc1)N/N=C/c1ccc(-c2ccc(F)cc2[N+](=O)[O-])o1. The molecule has 0 unspecified atom stereocenters. The second-order valence-corrected chi connectivity index (χ2v) is 7.02. The number of nitro groups is 1. The minimum atomic E-state index is -0.713. The van der Waals surface area contributed by atoms with Gasteiger partial charge in [-0.2, -0.15) is 5.10 Å². The molecule has 8 nitrogen and oxygen atoms in total. The zero-order valence-electron chi connectivity index (χ0n) is 14.8. The van der Waals surface area contributed by atoms with Crippen molar-refractivity contribution in [2.24, 2.45) is 5.10 Å². The van der Waals surface area contributed by atoms with E-state index in [-0.39, 0.29) is 29.5 Å². The highest BCUT2D eigenvalue weighted by Gasteiger charge is 2.19. The van der Waals surface area contributed by atoms with E-state index in [0.717, 1.165) is 21.4 Å². The van der Waals surface area contributed by atoms with Crippen molar-refractivity contribution in [3.05, 3.63) is 79.9 Å². The number of nitrogens with one attached hydrogen (secondary N) is 2. The summed E-state index contributed by atoms with van der Waals surface area (Å²) in [6, 6.07) is 13.8. The minimum Gasteiger partial charge on any atom is -0.455 e. The van der Waals surface area contributed by atoms with Crippen LogP contribution in [0, 0.1) is 19.5 Å². The first-order valence-corrected chi connectivity index (χ1v) is 9.36. The number of nitro benzene ring substituents is 1. The van der Waals surface area contributed by atoms with Gasteiger partial charge >= 0.3 is 0 Å². The highest BCUT2D eigenvalue weighted by Crippen LogP contribution is 2.31. The van der Waals surface area contributed by atoms with Gasteiger partial charge in [-0.1, -0.05) is 0 Å². The van der Waals surface area contributed by atoms with Crippen molar-refractivity contribution >= 4 is 46.1 Å². The molecular formula is C19H14FIN4O4. The number of hydrazone groups is 1. The van der Waals surface area contributed by atoms with Crippen LogP contribution in [0.4, 0.5) is 15.8 Å². The van der Waals surface area contributed by atoms with E-state index in [1.165, 1.54) is 24.4 Å². The van der Waals surface area contributed by atoms with Crippen molar-refractivity contribution in [2.45, 2.75) is 0 Å². The van der Waals surface area contributed by atoms with E-state index in [1.54, 1.807) is 0 Å².